The number of anilines is 2. The standard InChI is InChI=1S/C18H19ClN2O4/c1-11-4-5-12(18(23)25-3)8-15(11)21-17(22)10-20-13-6-7-16(24-2)14(19)9-13/h4-9,20H,10H2,1-3H3,(H,21,22). The van der Waals surface area contributed by atoms with E-state index in [1.54, 1.807) is 36.4 Å². The van der Waals surface area contributed by atoms with Gasteiger partial charge in [0.2, 0.25) is 5.91 Å². The van der Waals surface area contributed by atoms with Gasteiger partial charge in [-0.2, -0.15) is 0 Å². The van der Waals surface area contributed by atoms with Crippen molar-refractivity contribution in [2.75, 3.05) is 31.4 Å². The highest BCUT2D eigenvalue weighted by Gasteiger charge is 2.10. The van der Waals surface area contributed by atoms with Crippen molar-refractivity contribution in [3.8, 4) is 5.75 Å². The molecule has 0 saturated carbocycles. The number of benzene rings is 2. The molecule has 6 nitrogen and oxygen atoms in total. The van der Waals surface area contributed by atoms with Gasteiger partial charge in [0, 0.05) is 11.4 Å². The van der Waals surface area contributed by atoms with E-state index in [4.69, 9.17) is 16.3 Å². The van der Waals surface area contributed by atoms with Crippen LogP contribution in [0.5, 0.6) is 5.75 Å². The van der Waals surface area contributed by atoms with E-state index in [0.717, 1.165) is 5.56 Å². The summed E-state index contributed by atoms with van der Waals surface area (Å²) in [5.41, 5.74) is 2.47. The number of aryl methyl sites for hydroxylation is 1. The lowest BCUT2D eigenvalue weighted by molar-refractivity contribution is -0.114. The first-order valence-electron chi connectivity index (χ1n) is 7.51. The van der Waals surface area contributed by atoms with E-state index >= 15 is 0 Å². The maximum Gasteiger partial charge on any atom is 0.337 e. The Hall–Kier alpha value is -2.73. The molecule has 0 bridgehead atoms. The molecule has 0 radical (unpaired) electrons. The summed E-state index contributed by atoms with van der Waals surface area (Å²) in [6.45, 7) is 1.89. The molecule has 2 N–H and O–H groups in total. The Morgan fingerprint density at radius 3 is 2.52 bits per heavy atom. The molecular weight excluding hydrogens is 344 g/mol. The predicted molar refractivity (Wildman–Crippen MR) is 97.6 cm³/mol. The van der Waals surface area contributed by atoms with Crippen LogP contribution in [0.4, 0.5) is 11.4 Å². The number of hydrogen-bond acceptors (Lipinski definition) is 5. The van der Waals surface area contributed by atoms with Crippen molar-refractivity contribution in [3.63, 3.8) is 0 Å². The summed E-state index contributed by atoms with van der Waals surface area (Å²) in [4.78, 5) is 23.7. The van der Waals surface area contributed by atoms with Crippen LogP contribution in [0.15, 0.2) is 36.4 Å². The molecule has 132 valence electrons. The van der Waals surface area contributed by atoms with Crippen LogP contribution >= 0.6 is 11.6 Å². The molecule has 2 aromatic rings. The first-order chi connectivity index (χ1) is 11.9. The molecule has 1 amide bonds. The molecule has 0 spiro atoms. The van der Waals surface area contributed by atoms with Crippen molar-refractivity contribution in [2.45, 2.75) is 6.92 Å². The van der Waals surface area contributed by atoms with E-state index in [2.05, 4.69) is 15.4 Å². The number of rotatable bonds is 6. The van der Waals surface area contributed by atoms with E-state index in [1.165, 1.54) is 14.2 Å². The molecular formula is C18H19ClN2O4. The summed E-state index contributed by atoms with van der Waals surface area (Å²) in [6.07, 6.45) is 0. The summed E-state index contributed by atoms with van der Waals surface area (Å²) in [6, 6.07) is 10.1. The van der Waals surface area contributed by atoms with E-state index in [-0.39, 0.29) is 12.5 Å². The Balaban J connectivity index is 2.00. The lowest BCUT2D eigenvalue weighted by Gasteiger charge is -2.12. The highest BCUT2D eigenvalue weighted by Crippen LogP contribution is 2.27. The average Bonchev–Trinajstić information content (AvgIpc) is 2.61. The first-order valence-corrected chi connectivity index (χ1v) is 7.88. The predicted octanol–water partition coefficient (Wildman–Crippen LogP) is 3.49. The minimum absolute atomic E-state index is 0.0462. The van der Waals surface area contributed by atoms with Crippen LogP contribution in [0.1, 0.15) is 15.9 Å². The van der Waals surface area contributed by atoms with Crippen LogP contribution in [0.25, 0.3) is 0 Å². The van der Waals surface area contributed by atoms with Gasteiger partial charge >= 0.3 is 5.97 Å². The van der Waals surface area contributed by atoms with Crippen molar-refractivity contribution >= 4 is 34.9 Å². The van der Waals surface area contributed by atoms with Crippen LogP contribution in [0.2, 0.25) is 5.02 Å². The third-order valence-corrected chi connectivity index (χ3v) is 3.83. The van der Waals surface area contributed by atoms with Crippen molar-refractivity contribution < 1.29 is 19.1 Å². The third-order valence-electron chi connectivity index (χ3n) is 3.54. The van der Waals surface area contributed by atoms with Crippen molar-refractivity contribution in [1.29, 1.82) is 0 Å². The summed E-state index contributed by atoms with van der Waals surface area (Å²) < 4.78 is 9.77. The molecule has 7 heteroatoms. The second-order valence-electron chi connectivity index (χ2n) is 5.27. The Kier molecular flexibility index (Phi) is 6.25. The van der Waals surface area contributed by atoms with Gasteiger partial charge in [0.15, 0.2) is 0 Å². The van der Waals surface area contributed by atoms with Gasteiger partial charge in [-0.3, -0.25) is 4.79 Å². The monoisotopic (exact) mass is 362 g/mol. The fourth-order valence-electron chi connectivity index (χ4n) is 2.15. The highest BCUT2D eigenvalue weighted by atomic mass is 35.5. The number of esters is 1. The number of carbonyl (C=O) groups is 2. The topological polar surface area (TPSA) is 76.7 Å². The quantitative estimate of drug-likeness (QED) is 0.769. The zero-order valence-electron chi connectivity index (χ0n) is 14.2. The van der Waals surface area contributed by atoms with Crippen LogP contribution in [0, 0.1) is 6.92 Å². The summed E-state index contributed by atoms with van der Waals surface area (Å²) in [5.74, 6) is -0.148. The maximum atomic E-state index is 12.1. The smallest absolute Gasteiger partial charge is 0.337 e. The zero-order chi connectivity index (χ0) is 18.4. The summed E-state index contributed by atoms with van der Waals surface area (Å²) in [5, 5.41) is 6.20. The molecule has 0 atom stereocenters. The third kappa shape index (κ3) is 4.87. The van der Waals surface area contributed by atoms with Gasteiger partial charge in [0.1, 0.15) is 5.75 Å². The second-order valence-corrected chi connectivity index (χ2v) is 5.68. The van der Waals surface area contributed by atoms with E-state index in [9.17, 15) is 9.59 Å². The van der Waals surface area contributed by atoms with Crippen LogP contribution < -0.4 is 15.4 Å². The van der Waals surface area contributed by atoms with Gasteiger partial charge < -0.3 is 20.1 Å². The molecule has 0 fully saturated rings. The van der Waals surface area contributed by atoms with Crippen LogP contribution in [-0.4, -0.2) is 32.6 Å². The number of methoxy groups -OCH3 is 2. The van der Waals surface area contributed by atoms with Gasteiger partial charge in [-0.05, 0) is 42.8 Å². The lowest BCUT2D eigenvalue weighted by atomic mass is 10.1. The van der Waals surface area contributed by atoms with E-state index in [0.29, 0.717) is 27.7 Å². The fourth-order valence-corrected chi connectivity index (χ4v) is 2.41. The van der Waals surface area contributed by atoms with Crippen LogP contribution in [0.3, 0.4) is 0 Å². The molecule has 0 aliphatic heterocycles. The number of amides is 1. The maximum absolute atomic E-state index is 12.1. The first kappa shape index (κ1) is 18.6. The molecule has 0 aliphatic rings. The number of carbonyl (C=O) groups excluding carboxylic acids is 2. The number of nitrogens with one attached hydrogen (secondary N) is 2. The molecule has 0 unspecified atom stereocenters. The van der Waals surface area contributed by atoms with Gasteiger partial charge in [-0.15, -0.1) is 0 Å². The molecule has 0 aliphatic carbocycles. The Morgan fingerprint density at radius 1 is 1.12 bits per heavy atom. The molecule has 0 aromatic heterocycles. The number of halogens is 1. The number of hydrogen-bond donors (Lipinski definition) is 2. The van der Waals surface area contributed by atoms with E-state index in [1.807, 2.05) is 6.92 Å². The fraction of sp³-hybridized carbons (Fsp3) is 0.222. The summed E-state index contributed by atoms with van der Waals surface area (Å²) >= 11 is 6.05. The van der Waals surface area contributed by atoms with Crippen LogP contribution in [-0.2, 0) is 9.53 Å². The van der Waals surface area contributed by atoms with E-state index < -0.39 is 5.97 Å². The Bertz CT molecular complexity index is 793. The summed E-state index contributed by atoms with van der Waals surface area (Å²) in [7, 11) is 2.84. The Labute approximate surface area is 151 Å². The Morgan fingerprint density at radius 2 is 1.88 bits per heavy atom. The van der Waals surface area contributed by atoms with Gasteiger partial charge in [-0.1, -0.05) is 17.7 Å². The number of ether oxygens (including phenoxy) is 2. The van der Waals surface area contributed by atoms with Gasteiger partial charge in [0.25, 0.3) is 0 Å². The molecule has 0 heterocycles. The molecule has 2 rings (SSSR count). The van der Waals surface area contributed by atoms with Crippen molar-refractivity contribution in [2.24, 2.45) is 0 Å². The SMILES string of the molecule is COC(=O)c1ccc(C)c(NC(=O)CNc2ccc(OC)c(Cl)c2)c1. The second kappa shape index (κ2) is 8.39. The zero-order valence-corrected chi connectivity index (χ0v) is 14.9. The average molecular weight is 363 g/mol. The molecule has 2 aromatic carbocycles. The molecule has 0 saturated heterocycles. The van der Waals surface area contributed by atoms with Gasteiger partial charge in [-0.25, -0.2) is 4.79 Å². The minimum Gasteiger partial charge on any atom is -0.495 e. The minimum atomic E-state index is -0.457. The van der Waals surface area contributed by atoms with Gasteiger partial charge in [0.05, 0.1) is 31.4 Å². The van der Waals surface area contributed by atoms with Crippen molar-refractivity contribution in [1.82, 2.24) is 0 Å². The highest BCUT2D eigenvalue weighted by molar-refractivity contribution is 6.32. The molecule has 25 heavy (non-hydrogen) atoms. The lowest BCUT2D eigenvalue weighted by Crippen LogP contribution is -2.22. The van der Waals surface area contributed by atoms with Crippen molar-refractivity contribution in [3.05, 3.63) is 52.5 Å². The largest absolute Gasteiger partial charge is 0.495 e. The normalized spacial score (nSPS) is 10.1.